The molecule has 0 saturated carbocycles. The molecule has 0 aromatic heterocycles. The molecule has 1 amide bonds. The van der Waals surface area contributed by atoms with E-state index in [2.05, 4.69) is 5.32 Å². The highest BCUT2D eigenvalue weighted by Crippen LogP contribution is 2.32. The van der Waals surface area contributed by atoms with Crippen LogP contribution >= 0.6 is 23.2 Å². The van der Waals surface area contributed by atoms with Gasteiger partial charge in [-0.15, -0.1) is 0 Å². The van der Waals surface area contributed by atoms with Gasteiger partial charge >= 0.3 is 0 Å². The fourth-order valence-corrected chi connectivity index (χ4v) is 4.35. The summed E-state index contributed by atoms with van der Waals surface area (Å²) < 4.78 is 30.8. The van der Waals surface area contributed by atoms with Gasteiger partial charge in [0, 0.05) is 17.3 Å². The van der Waals surface area contributed by atoms with Gasteiger partial charge in [-0.25, -0.2) is 8.42 Å². The molecule has 2 aromatic rings. The van der Waals surface area contributed by atoms with E-state index >= 15 is 0 Å². The maximum atomic E-state index is 12.2. The molecule has 0 atom stereocenters. The lowest BCUT2D eigenvalue weighted by atomic mass is 10.0. The summed E-state index contributed by atoms with van der Waals surface area (Å²) in [5.74, 6) is -0.0346. The molecule has 0 aliphatic carbocycles. The summed E-state index contributed by atoms with van der Waals surface area (Å²) in [7, 11) is -3.37. The number of sulfonamides is 1. The summed E-state index contributed by atoms with van der Waals surface area (Å²) in [5.41, 5.74) is 2.04. The monoisotopic (exact) mass is 428 g/mol. The normalized spacial score (nSPS) is 13.8. The molecule has 9 heteroatoms. The number of hydrogen-bond acceptors (Lipinski definition) is 4. The second-order valence-electron chi connectivity index (χ2n) is 6.19. The van der Waals surface area contributed by atoms with Crippen molar-refractivity contribution in [3.05, 3.63) is 52.0 Å². The number of anilines is 2. The molecule has 0 radical (unpaired) electrons. The highest BCUT2D eigenvalue weighted by Gasteiger charge is 2.24. The molecule has 6 nitrogen and oxygen atoms in total. The van der Waals surface area contributed by atoms with Crippen LogP contribution in [0.15, 0.2) is 36.4 Å². The van der Waals surface area contributed by atoms with Crippen molar-refractivity contribution in [2.24, 2.45) is 0 Å². The number of benzene rings is 2. The third-order valence-electron chi connectivity index (χ3n) is 4.10. The SMILES string of the molecule is CS(=O)(=O)N1CCCc2ccc(NC(=O)COc3ccc(Cl)cc3Cl)cc21. The Labute approximate surface area is 168 Å². The van der Waals surface area contributed by atoms with Crippen molar-refractivity contribution in [3.63, 3.8) is 0 Å². The van der Waals surface area contributed by atoms with E-state index in [0.29, 0.717) is 33.7 Å². The summed E-state index contributed by atoms with van der Waals surface area (Å²) in [4.78, 5) is 12.2. The second-order valence-corrected chi connectivity index (χ2v) is 8.94. The molecule has 0 unspecified atom stereocenters. The van der Waals surface area contributed by atoms with Crippen LogP contribution in [0.5, 0.6) is 5.75 Å². The fraction of sp³-hybridized carbons (Fsp3) is 0.278. The number of carbonyl (C=O) groups is 1. The van der Waals surface area contributed by atoms with Crippen molar-refractivity contribution in [1.29, 1.82) is 0 Å². The number of carbonyl (C=O) groups excluding carboxylic acids is 1. The van der Waals surface area contributed by atoms with E-state index in [1.165, 1.54) is 16.6 Å². The van der Waals surface area contributed by atoms with Crippen LogP contribution in [0.4, 0.5) is 11.4 Å². The number of nitrogens with zero attached hydrogens (tertiary/aromatic N) is 1. The van der Waals surface area contributed by atoms with Crippen molar-refractivity contribution < 1.29 is 17.9 Å². The zero-order valence-electron chi connectivity index (χ0n) is 14.5. The van der Waals surface area contributed by atoms with E-state index in [0.717, 1.165) is 18.4 Å². The summed E-state index contributed by atoms with van der Waals surface area (Å²) in [6.07, 6.45) is 2.74. The standard InChI is InChI=1S/C18H18Cl2N2O4S/c1-27(24,25)22-8-2-3-12-4-6-14(10-16(12)22)21-18(23)11-26-17-7-5-13(19)9-15(17)20/h4-7,9-10H,2-3,8,11H2,1H3,(H,21,23). The third kappa shape index (κ3) is 4.86. The van der Waals surface area contributed by atoms with Crippen LogP contribution in [0, 0.1) is 0 Å². The summed E-state index contributed by atoms with van der Waals surface area (Å²) in [6.45, 7) is 0.190. The van der Waals surface area contributed by atoms with Crippen LogP contribution in [-0.2, 0) is 21.2 Å². The van der Waals surface area contributed by atoms with Crippen molar-refractivity contribution in [3.8, 4) is 5.75 Å². The summed E-state index contributed by atoms with van der Waals surface area (Å²) >= 11 is 11.8. The molecule has 1 aliphatic rings. The van der Waals surface area contributed by atoms with Gasteiger partial charge in [-0.1, -0.05) is 29.3 Å². The number of nitrogens with one attached hydrogen (secondary N) is 1. The Morgan fingerprint density at radius 3 is 2.70 bits per heavy atom. The van der Waals surface area contributed by atoms with Gasteiger partial charge in [0.1, 0.15) is 5.75 Å². The molecule has 0 spiro atoms. The van der Waals surface area contributed by atoms with Crippen molar-refractivity contribution in [1.82, 2.24) is 0 Å². The lowest BCUT2D eigenvalue weighted by molar-refractivity contribution is -0.118. The van der Waals surface area contributed by atoms with Crippen molar-refractivity contribution in [2.75, 3.05) is 29.0 Å². The van der Waals surface area contributed by atoms with Gasteiger partial charge in [-0.3, -0.25) is 9.10 Å². The molecule has 3 rings (SSSR count). The molecule has 27 heavy (non-hydrogen) atoms. The largest absolute Gasteiger partial charge is 0.482 e. The zero-order valence-corrected chi connectivity index (χ0v) is 16.9. The minimum absolute atomic E-state index is 0.242. The van der Waals surface area contributed by atoms with Gasteiger partial charge in [-0.2, -0.15) is 0 Å². The predicted molar refractivity (Wildman–Crippen MR) is 108 cm³/mol. The highest BCUT2D eigenvalue weighted by atomic mass is 35.5. The molecular weight excluding hydrogens is 411 g/mol. The second kappa shape index (κ2) is 7.96. The molecule has 1 aliphatic heterocycles. The van der Waals surface area contributed by atoms with E-state index in [9.17, 15) is 13.2 Å². The van der Waals surface area contributed by atoms with Crippen LogP contribution in [-0.4, -0.2) is 33.7 Å². The van der Waals surface area contributed by atoms with Crippen LogP contribution in [0.25, 0.3) is 0 Å². The number of halogens is 2. The molecule has 144 valence electrons. The van der Waals surface area contributed by atoms with E-state index in [1.54, 1.807) is 24.3 Å². The Morgan fingerprint density at radius 2 is 2.00 bits per heavy atom. The van der Waals surface area contributed by atoms with E-state index in [-0.39, 0.29) is 12.5 Å². The van der Waals surface area contributed by atoms with Crippen LogP contribution in [0.1, 0.15) is 12.0 Å². The minimum atomic E-state index is -3.37. The van der Waals surface area contributed by atoms with E-state index < -0.39 is 10.0 Å². The predicted octanol–water partition coefficient (Wildman–Crippen LogP) is 3.72. The molecule has 1 N–H and O–H groups in total. The van der Waals surface area contributed by atoms with Gasteiger partial charge in [0.05, 0.1) is 17.0 Å². The lowest BCUT2D eigenvalue weighted by Crippen LogP contribution is -2.34. The Hall–Kier alpha value is -1.96. The summed E-state index contributed by atoms with van der Waals surface area (Å²) in [5, 5.41) is 3.50. The number of hydrogen-bond donors (Lipinski definition) is 1. The average molecular weight is 429 g/mol. The Kier molecular flexibility index (Phi) is 5.83. The average Bonchev–Trinajstić information content (AvgIpc) is 2.59. The van der Waals surface area contributed by atoms with Crippen LogP contribution < -0.4 is 14.4 Å². The fourth-order valence-electron chi connectivity index (χ4n) is 2.90. The Morgan fingerprint density at radius 1 is 1.22 bits per heavy atom. The van der Waals surface area contributed by atoms with Gasteiger partial charge in [0.2, 0.25) is 10.0 Å². The number of fused-ring (bicyclic) bond motifs is 1. The number of rotatable bonds is 5. The maximum Gasteiger partial charge on any atom is 0.262 e. The molecule has 0 bridgehead atoms. The van der Waals surface area contributed by atoms with Crippen LogP contribution in [0.3, 0.4) is 0 Å². The Bertz CT molecular complexity index is 979. The van der Waals surface area contributed by atoms with Gasteiger partial charge in [0.15, 0.2) is 6.61 Å². The van der Waals surface area contributed by atoms with Gasteiger partial charge < -0.3 is 10.1 Å². The van der Waals surface area contributed by atoms with E-state index in [4.69, 9.17) is 27.9 Å². The first-order valence-electron chi connectivity index (χ1n) is 8.22. The number of aryl methyl sites for hydroxylation is 1. The quantitative estimate of drug-likeness (QED) is 0.786. The minimum Gasteiger partial charge on any atom is -0.482 e. The topological polar surface area (TPSA) is 75.7 Å². The number of ether oxygens (including phenoxy) is 1. The number of amides is 1. The molecular formula is C18H18Cl2N2O4S. The molecule has 0 saturated heterocycles. The van der Waals surface area contributed by atoms with Crippen molar-refractivity contribution >= 4 is 50.5 Å². The van der Waals surface area contributed by atoms with Gasteiger partial charge in [-0.05, 0) is 48.7 Å². The smallest absolute Gasteiger partial charge is 0.262 e. The first-order valence-corrected chi connectivity index (χ1v) is 10.8. The summed E-state index contributed by atoms with van der Waals surface area (Å²) in [6, 6.07) is 9.98. The van der Waals surface area contributed by atoms with Gasteiger partial charge in [0.25, 0.3) is 5.91 Å². The molecule has 0 fully saturated rings. The third-order valence-corrected chi connectivity index (χ3v) is 5.81. The maximum absolute atomic E-state index is 12.2. The first-order chi connectivity index (χ1) is 12.7. The lowest BCUT2D eigenvalue weighted by Gasteiger charge is -2.29. The zero-order chi connectivity index (χ0) is 19.6. The Balaban J connectivity index is 1.70. The first kappa shape index (κ1) is 19.8. The van der Waals surface area contributed by atoms with E-state index in [1.807, 2.05) is 6.07 Å². The highest BCUT2D eigenvalue weighted by molar-refractivity contribution is 7.92. The molecule has 1 heterocycles. The van der Waals surface area contributed by atoms with Crippen LogP contribution in [0.2, 0.25) is 10.0 Å². The van der Waals surface area contributed by atoms with Crippen molar-refractivity contribution in [2.45, 2.75) is 12.8 Å². The molecule has 2 aromatic carbocycles.